The SMILES string of the molecule is CC1=N[C@@H]([C@@H](C)[C@H]2CC[C@@H]3[C@H]4CC=C5C[C@@H](O)CC[C@]5(C)[C@@H]4CC[C@]23C)CC1. The average Bonchev–Trinajstić information content (AvgIpc) is 3.25. The lowest BCUT2D eigenvalue weighted by Gasteiger charge is -2.58. The van der Waals surface area contributed by atoms with Crippen LogP contribution in [-0.2, 0) is 0 Å². The molecule has 2 heteroatoms. The van der Waals surface area contributed by atoms with Crippen molar-refractivity contribution in [1.29, 1.82) is 0 Å². The van der Waals surface area contributed by atoms with E-state index in [1.165, 1.54) is 57.1 Å². The zero-order valence-corrected chi connectivity index (χ0v) is 18.6. The summed E-state index contributed by atoms with van der Waals surface area (Å²) in [6, 6.07) is 0.591. The van der Waals surface area contributed by atoms with Crippen molar-refractivity contribution in [2.75, 3.05) is 0 Å². The van der Waals surface area contributed by atoms with Crippen LogP contribution in [0.15, 0.2) is 16.6 Å². The van der Waals surface area contributed by atoms with E-state index in [2.05, 4.69) is 33.8 Å². The third kappa shape index (κ3) is 2.72. The molecular formula is C26H41NO. The van der Waals surface area contributed by atoms with Gasteiger partial charge in [0.15, 0.2) is 0 Å². The van der Waals surface area contributed by atoms with Gasteiger partial charge in [0, 0.05) is 5.71 Å². The van der Waals surface area contributed by atoms with Gasteiger partial charge in [-0.2, -0.15) is 0 Å². The quantitative estimate of drug-likeness (QED) is 0.567. The number of aliphatic hydroxyl groups is 1. The second-order valence-corrected chi connectivity index (χ2v) is 11.7. The van der Waals surface area contributed by atoms with Crippen molar-refractivity contribution in [3.05, 3.63) is 11.6 Å². The van der Waals surface area contributed by atoms with Gasteiger partial charge in [0.25, 0.3) is 0 Å². The second-order valence-electron chi connectivity index (χ2n) is 11.7. The minimum Gasteiger partial charge on any atom is -0.393 e. The van der Waals surface area contributed by atoms with Crippen LogP contribution in [0.25, 0.3) is 0 Å². The first-order chi connectivity index (χ1) is 13.3. The monoisotopic (exact) mass is 383 g/mol. The predicted molar refractivity (Wildman–Crippen MR) is 116 cm³/mol. The highest BCUT2D eigenvalue weighted by Gasteiger charge is 2.59. The van der Waals surface area contributed by atoms with E-state index in [9.17, 15) is 5.11 Å². The van der Waals surface area contributed by atoms with Crippen LogP contribution in [0.1, 0.15) is 91.9 Å². The van der Waals surface area contributed by atoms with E-state index in [1.807, 2.05) is 0 Å². The van der Waals surface area contributed by atoms with Crippen molar-refractivity contribution in [3.63, 3.8) is 0 Å². The van der Waals surface area contributed by atoms with Gasteiger partial charge in [-0.1, -0.05) is 32.4 Å². The lowest BCUT2D eigenvalue weighted by Crippen LogP contribution is -2.51. The zero-order valence-electron chi connectivity index (χ0n) is 18.6. The number of nitrogens with zero attached hydrogens (tertiary/aromatic N) is 1. The molecule has 0 saturated heterocycles. The molecule has 0 amide bonds. The molecule has 3 fully saturated rings. The summed E-state index contributed by atoms with van der Waals surface area (Å²) in [5.74, 6) is 4.27. The van der Waals surface area contributed by atoms with Crippen molar-refractivity contribution in [3.8, 4) is 0 Å². The number of hydrogen-bond acceptors (Lipinski definition) is 2. The molecule has 0 radical (unpaired) electrons. The van der Waals surface area contributed by atoms with Crippen molar-refractivity contribution in [1.82, 2.24) is 0 Å². The van der Waals surface area contributed by atoms with Gasteiger partial charge in [0.1, 0.15) is 0 Å². The molecule has 9 atom stereocenters. The molecule has 156 valence electrons. The minimum absolute atomic E-state index is 0.0862. The van der Waals surface area contributed by atoms with E-state index < -0.39 is 0 Å². The molecule has 1 heterocycles. The van der Waals surface area contributed by atoms with E-state index in [0.717, 1.165) is 42.4 Å². The molecule has 1 N–H and O–H groups in total. The van der Waals surface area contributed by atoms with Crippen LogP contribution in [0.4, 0.5) is 0 Å². The Balaban J connectivity index is 1.40. The number of aliphatic hydroxyl groups excluding tert-OH is 1. The lowest BCUT2D eigenvalue weighted by atomic mass is 9.47. The van der Waals surface area contributed by atoms with Crippen molar-refractivity contribution in [2.45, 2.75) is 104 Å². The van der Waals surface area contributed by atoms with Crippen LogP contribution in [0.2, 0.25) is 0 Å². The topological polar surface area (TPSA) is 32.6 Å². The van der Waals surface area contributed by atoms with Crippen molar-refractivity contribution in [2.24, 2.45) is 45.4 Å². The largest absolute Gasteiger partial charge is 0.393 e. The highest BCUT2D eigenvalue weighted by molar-refractivity contribution is 5.83. The van der Waals surface area contributed by atoms with Gasteiger partial charge in [-0.05, 0) is 112 Å². The van der Waals surface area contributed by atoms with Crippen molar-refractivity contribution >= 4 is 5.71 Å². The standard InChI is InChI=1S/C26H41NO/c1-16-5-10-24(27-16)17(2)21-8-9-22-20-7-6-18-15-19(28)11-13-25(18,3)23(20)12-14-26(21,22)4/h6,17,19-24,28H,5,7-15H2,1-4H3/t17-,19-,20+,21+,22+,23+,24+,25-,26+/m0/s1. The molecule has 3 saturated carbocycles. The highest BCUT2D eigenvalue weighted by Crippen LogP contribution is 2.67. The van der Waals surface area contributed by atoms with Gasteiger partial charge < -0.3 is 5.11 Å². The third-order valence-corrected chi connectivity index (χ3v) is 10.6. The van der Waals surface area contributed by atoms with Crippen LogP contribution in [0, 0.1) is 40.4 Å². The summed E-state index contributed by atoms with van der Waals surface area (Å²) in [4.78, 5) is 5.04. The predicted octanol–water partition coefficient (Wildman–Crippen LogP) is 6.19. The Bertz CT molecular complexity index is 695. The van der Waals surface area contributed by atoms with Gasteiger partial charge in [0.05, 0.1) is 12.1 Å². The summed E-state index contributed by atoms with van der Waals surface area (Å²) in [5, 5.41) is 10.2. The maximum Gasteiger partial charge on any atom is 0.0577 e. The molecule has 5 aliphatic rings. The van der Waals surface area contributed by atoms with Crippen LogP contribution in [-0.4, -0.2) is 23.0 Å². The Morgan fingerprint density at radius 2 is 1.89 bits per heavy atom. The maximum atomic E-state index is 10.2. The Morgan fingerprint density at radius 3 is 2.64 bits per heavy atom. The summed E-state index contributed by atoms with van der Waals surface area (Å²) in [7, 11) is 0. The average molecular weight is 384 g/mol. The zero-order chi connectivity index (χ0) is 19.7. The Kier molecular flexibility index (Phi) is 4.62. The van der Waals surface area contributed by atoms with Gasteiger partial charge in [0.2, 0.25) is 0 Å². The minimum atomic E-state index is -0.0862. The molecule has 0 aromatic rings. The fraction of sp³-hybridized carbons (Fsp3) is 0.885. The molecule has 0 aromatic carbocycles. The molecular weight excluding hydrogens is 342 g/mol. The Morgan fingerprint density at radius 1 is 1.07 bits per heavy atom. The maximum absolute atomic E-state index is 10.2. The summed E-state index contributed by atoms with van der Waals surface area (Å²) in [6.07, 6.45) is 15.2. The molecule has 1 aliphatic heterocycles. The van der Waals surface area contributed by atoms with E-state index in [-0.39, 0.29) is 6.10 Å². The molecule has 0 spiro atoms. The van der Waals surface area contributed by atoms with Crippen molar-refractivity contribution < 1.29 is 5.11 Å². The van der Waals surface area contributed by atoms with E-state index in [4.69, 9.17) is 4.99 Å². The molecule has 28 heavy (non-hydrogen) atoms. The van der Waals surface area contributed by atoms with E-state index in [0.29, 0.717) is 16.9 Å². The fourth-order valence-corrected chi connectivity index (χ4v) is 8.96. The first kappa shape index (κ1) is 19.3. The summed E-state index contributed by atoms with van der Waals surface area (Å²) in [6.45, 7) is 9.97. The van der Waals surface area contributed by atoms with Gasteiger partial charge in [-0.15, -0.1) is 0 Å². The third-order valence-electron chi connectivity index (χ3n) is 10.6. The van der Waals surface area contributed by atoms with Gasteiger partial charge >= 0.3 is 0 Å². The first-order valence-electron chi connectivity index (χ1n) is 12.2. The number of rotatable bonds is 2. The molecule has 4 aliphatic carbocycles. The molecule has 0 unspecified atom stereocenters. The van der Waals surface area contributed by atoms with Crippen LogP contribution in [0.3, 0.4) is 0 Å². The first-order valence-corrected chi connectivity index (χ1v) is 12.2. The fourth-order valence-electron chi connectivity index (χ4n) is 8.96. The van der Waals surface area contributed by atoms with Crippen LogP contribution < -0.4 is 0 Å². The molecule has 0 aromatic heterocycles. The molecule has 5 rings (SSSR count). The van der Waals surface area contributed by atoms with Gasteiger partial charge in [-0.25, -0.2) is 0 Å². The Hall–Kier alpha value is -0.630. The Labute approximate surface area is 172 Å². The molecule has 2 nitrogen and oxygen atoms in total. The summed E-state index contributed by atoms with van der Waals surface area (Å²) >= 11 is 0. The van der Waals surface area contributed by atoms with Crippen LogP contribution in [0.5, 0.6) is 0 Å². The highest BCUT2D eigenvalue weighted by atomic mass is 16.3. The summed E-state index contributed by atoms with van der Waals surface area (Å²) < 4.78 is 0. The van der Waals surface area contributed by atoms with Gasteiger partial charge in [-0.3, -0.25) is 4.99 Å². The normalized spacial score (nSPS) is 51.6. The number of allylic oxidation sites excluding steroid dienone is 1. The van der Waals surface area contributed by atoms with E-state index >= 15 is 0 Å². The number of fused-ring (bicyclic) bond motifs is 5. The second kappa shape index (κ2) is 6.69. The van der Waals surface area contributed by atoms with Crippen LogP contribution >= 0.6 is 0 Å². The molecule has 0 bridgehead atoms. The number of aliphatic imine (C=N–C) groups is 1. The summed E-state index contributed by atoms with van der Waals surface area (Å²) in [5.41, 5.74) is 3.90. The number of hydrogen-bond donors (Lipinski definition) is 1. The van der Waals surface area contributed by atoms with E-state index in [1.54, 1.807) is 5.57 Å². The lowest BCUT2D eigenvalue weighted by molar-refractivity contribution is -0.0581. The smallest absolute Gasteiger partial charge is 0.0577 e.